The van der Waals surface area contributed by atoms with E-state index in [1.807, 2.05) is 48.5 Å². The van der Waals surface area contributed by atoms with Crippen molar-refractivity contribution in [2.24, 2.45) is 0 Å². The van der Waals surface area contributed by atoms with Crippen LogP contribution < -0.4 is 0 Å². The number of non-ortho nitro benzene ring substituents is 1. The van der Waals surface area contributed by atoms with Crippen molar-refractivity contribution in [3.05, 3.63) is 81.3 Å². The third-order valence-electron chi connectivity index (χ3n) is 4.61. The van der Waals surface area contributed by atoms with Crippen molar-refractivity contribution in [3.8, 4) is 34.3 Å². The van der Waals surface area contributed by atoms with Gasteiger partial charge in [-0.1, -0.05) is 34.1 Å². The summed E-state index contributed by atoms with van der Waals surface area (Å²) in [6, 6.07) is 19.6. The van der Waals surface area contributed by atoms with Crippen molar-refractivity contribution in [3.63, 3.8) is 0 Å². The largest absolute Gasteiger partial charge is 0.416 e. The number of aromatic nitrogens is 4. The van der Waals surface area contributed by atoms with Gasteiger partial charge in [-0.25, -0.2) is 4.98 Å². The van der Waals surface area contributed by atoms with Crippen LogP contribution >= 0.6 is 15.9 Å². The lowest BCUT2D eigenvalue weighted by Gasteiger charge is -2.02. The summed E-state index contributed by atoms with van der Waals surface area (Å²) in [6.45, 7) is 0. The van der Waals surface area contributed by atoms with Gasteiger partial charge in [0, 0.05) is 33.3 Å². The van der Waals surface area contributed by atoms with Gasteiger partial charge in [-0.15, -0.1) is 10.2 Å². The molecule has 30 heavy (non-hydrogen) atoms. The minimum Gasteiger partial charge on any atom is -0.416 e. The molecule has 0 saturated carbocycles. The van der Waals surface area contributed by atoms with E-state index in [0.29, 0.717) is 34.2 Å². The second-order valence-corrected chi connectivity index (χ2v) is 7.42. The van der Waals surface area contributed by atoms with Gasteiger partial charge in [0.15, 0.2) is 0 Å². The first-order valence-electron chi connectivity index (χ1n) is 8.92. The van der Waals surface area contributed by atoms with E-state index >= 15 is 0 Å². The first-order valence-corrected chi connectivity index (χ1v) is 9.71. The van der Waals surface area contributed by atoms with E-state index in [1.165, 1.54) is 12.1 Å². The molecule has 0 radical (unpaired) electrons. The molecule has 0 amide bonds. The number of fused-ring (bicyclic) bond motifs is 1. The van der Waals surface area contributed by atoms with Crippen molar-refractivity contribution in [1.82, 2.24) is 20.2 Å². The highest BCUT2D eigenvalue weighted by Gasteiger charge is 2.17. The van der Waals surface area contributed by atoms with Gasteiger partial charge in [0.05, 0.1) is 16.0 Å². The first kappa shape index (κ1) is 18.2. The summed E-state index contributed by atoms with van der Waals surface area (Å²) in [5, 5.41) is 19.4. The summed E-state index contributed by atoms with van der Waals surface area (Å²) in [7, 11) is 0. The molecule has 1 N–H and O–H groups in total. The fourth-order valence-electron chi connectivity index (χ4n) is 3.16. The highest BCUT2D eigenvalue weighted by atomic mass is 79.9. The van der Waals surface area contributed by atoms with Gasteiger partial charge in [0.1, 0.15) is 5.82 Å². The number of imidazole rings is 1. The van der Waals surface area contributed by atoms with Crippen LogP contribution in [0.3, 0.4) is 0 Å². The van der Waals surface area contributed by atoms with E-state index in [-0.39, 0.29) is 5.69 Å². The molecule has 0 atom stereocenters. The van der Waals surface area contributed by atoms with E-state index in [1.54, 1.807) is 6.07 Å². The van der Waals surface area contributed by atoms with Crippen LogP contribution in [-0.2, 0) is 0 Å². The van der Waals surface area contributed by atoms with Gasteiger partial charge in [0.2, 0.25) is 11.8 Å². The van der Waals surface area contributed by atoms with Crippen LogP contribution in [0, 0.1) is 10.1 Å². The Morgan fingerprint density at radius 1 is 0.933 bits per heavy atom. The lowest BCUT2D eigenvalue weighted by atomic mass is 10.1. The lowest BCUT2D eigenvalue weighted by Crippen LogP contribution is -1.87. The second kappa shape index (κ2) is 7.20. The molecule has 0 unspecified atom stereocenters. The molecule has 5 rings (SSSR count). The number of halogens is 1. The Morgan fingerprint density at radius 3 is 2.43 bits per heavy atom. The quantitative estimate of drug-likeness (QED) is 0.274. The summed E-state index contributed by atoms with van der Waals surface area (Å²) in [4.78, 5) is 18.3. The number of benzene rings is 3. The number of rotatable bonds is 4. The Morgan fingerprint density at radius 2 is 1.67 bits per heavy atom. The van der Waals surface area contributed by atoms with Crippen LogP contribution in [0.5, 0.6) is 0 Å². The molecule has 0 bridgehead atoms. The third kappa shape index (κ3) is 3.25. The van der Waals surface area contributed by atoms with Gasteiger partial charge in [-0.05, 0) is 36.4 Å². The number of nitrogens with zero attached hydrogens (tertiary/aromatic N) is 4. The van der Waals surface area contributed by atoms with Gasteiger partial charge >= 0.3 is 0 Å². The van der Waals surface area contributed by atoms with E-state index in [2.05, 4.69) is 36.1 Å². The van der Waals surface area contributed by atoms with Gasteiger partial charge in [-0.2, -0.15) is 0 Å². The molecule has 0 aliphatic carbocycles. The van der Waals surface area contributed by atoms with Crippen molar-refractivity contribution in [2.75, 3.05) is 0 Å². The van der Waals surface area contributed by atoms with Crippen LogP contribution in [0.1, 0.15) is 0 Å². The number of aromatic amines is 1. The predicted molar refractivity (Wildman–Crippen MR) is 115 cm³/mol. The first-order chi connectivity index (χ1) is 14.6. The number of H-pyrrole nitrogens is 1. The number of nitro benzene ring substituents is 1. The smallest absolute Gasteiger partial charge is 0.271 e. The van der Waals surface area contributed by atoms with Crippen LogP contribution in [-0.4, -0.2) is 25.1 Å². The number of hydrogen-bond acceptors (Lipinski definition) is 6. The van der Waals surface area contributed by atoms with Crippen molar-refractivity contribution < 1.29 is 9.34 Å². The molecule has 9 heteroatoms. The molecule has 146 valence electrons. The minimum atomic E-state index is -0.435. The van der Waals surface area contributed by atoms with E-state index in [4.69, 9.17) is 4.42 Å². The average molecular weight is 462 g/mol. The number of nitrogens with one attached hydrogen (secondary N) is 1. The second-order valence-electron chi connectivity index (χ2n) is 6.51. The maximum atomic E-state index is 11.0. The molecule has 0 spiro atoms. The van der Waals surface area contributed by atoms with Crippen molar-refractivity contribution in [2.45, 2.75) is 0 Å². The fraction of sp³-hybridized carbons (Fsp3) is 0. The summed E-state index contributed by atoms with van der Waals surface area (Å²) >= 11 is 3.41. The highest BCUT2D eigenvalue weighted by molar-refractivity contribution is 9.10. The van der Waals surface area contributed by atoms with Gasteiger partial charge in [0.25, 0.3) is 5.69 Å². The summed E-state index contributed by atoms with van der Waals surface area (Å²) in [5.74, 6) is 1.33. The summed E-state index contributed by atoms with van der Waals surface area (Å²) < 4.78 is 6.87. The molecule has 0 aliphatic heterocycles. The highest BCUT2D eigenvalue weighted by Crippen LogP contribution is 2.33. The summed E-state index contributed by atoms with van der Waals surface area (Å²) in [5.41, 5.74) is 3.48. The van der Waals surface area contributed by atoms with Crippen molar-refractivity contribution in [1.29, 1.82) is 0 Å². The monoisotopic (exact) mass is 461 g/mol. The zero-order valence-electron chi connectivity index (χ0n) is 15.2. The zero-order valence-corrected chi connectivity index (χ0v) is 16.8. The predicted octanol–water partition coefficient (Wildman–Crippen LogP) is 5.62. The van der Waals surface area contributed by atoms with Crippen LogP contribution in [0.15, 0.2) is 75.6 Å². The maximum Gasteiger partial charge on any atom is 0.271 e. The molecular weight excluding hydrogens is 450 g/mol. The summed E-state index contributed by atoms with van der Waals surface area (Å²) in [6.07, 6.45) is 0. The van der Waals surface area contributed by atoms with Crippen LogP contribution in [0.4, 0.5) is 5.69 Å². The topological polar surface area (TPSA) is 111 Å². The SMILES string of the molecule is O=[N+]([O-])c1ccc2nc(-c3ccccc3-c3nnc(-c4ccc(Br)cc4)o3)[nH]c2c1. The molecule has 8 nitrogen and oxygen atoms in total. The molecule has 3 aromatic carbocycles. The fourth-order valence-corrected chi connectivity index (χ4v) is 3.42. The molecule has 0 fully saturated rings. The van der Waals surface area contributed by atoms with Crippen LogP contribution in [0.25, 0.3) is 45.3 Å². The molecule has 0 aliphatic rings. The lowest BCUT2D eigenvalue weighted by molar-refractivity contribution is -0.384. The number of hydrogen-bond donors (Lipinski definition) is 1. The molecule has 0 saturated heterocycles. The van der Waals surface area contributed by atoms with E-state index in [9.17, 15) is 10.1 Å². The molecule has 2 heterocycles. The maximum absolute atomic E-state index is 11.0. The third-order valence-corrected chi connectivity index (χ3v) is 5.13. The Balaban J connectivity index is 1.57. The Kier molecular flexibility index (Phi) is 4.36. The zero-order chi connectivity index (χ0) is 20.7. The van der Waals surface area contributed by atoms with Crippen LogP contribution in [0.2, 0.25) is 0 Å². The molecular formula is C21H12BrN5O3. The molecule has 5 aromatic rings. The molecule has 2 aromatic heterocycles. The minimum absolute atomic E-state index is 0.00188. The van der Waals surface area contributed by atoms with E-state index in [0.717, 1.165) is 15.6 Å². The van der Waals surface area contributed by atoms with Crippen molar-refractivity contribution >= 4 is 32.7 Å². The van der Waals surface area contributed by atoms with Gasteiger partial charge in [-0.3, -0.25) is 10.1 Å². The normalized spacial score (nSPS) is 11.1. The standard InChI is InChI=1S/C21H12BrN5O3/c22-13-7-5-12(6-8-13)20-25-26-21(30-20)16-4-2-1-3-15(16)19-23-17-10-9-14(27(28)29)11-18(17)24-19/h1-11H,(H,23,24). The average Bonchev–Trinajstić information content (AvgIpc) is 3.41. The Labute approximate surface area is 177 Å². The number of nitro groups is 1. The van der Waals surface area contributed by atoms with Gasteiger partial charge < -0.3 is 9.40 Å². The van der Waals surface area contributed by atoms with E-state index < -0.39 is 4.92 Å². The Hall–Kier alpha value is -3.85. The Bertz CT molecular complexity index is 1390.